The summed E-state index contributed by atoms with van der Waals surface area (Å²) in [5.41, 5.74) is 5.30. The molecule has 0 bridgehead atoms. The van der Waals surface area contributed by atoms with Crippen molar-refractivity contribution in [3.63, 3.8) is 0 Å². The minimum atomic E-state index is -4.12. The zero-order chi connectivity index (χ0) is 22.4. The Labute approximate surface area is 182 Å². The molecule has 4 rings (SSSR count). The number of amides is 1. The van der Waals surface area contributed by atoms with E-state index in [0.29, 0.717) is 18.3 Å². The van der Waals surface area contributed by atoms with Gasteiger partial charge in [0, 0.05) is 24.3 Å². The number of primary amides is 1. The van der Waals surface area contributed by atoms with Crippen molar-refractivity contribution in [1.82, 2.24) is 9.97 Å². The van der Waals surface area contributed by atoms with Crippen LogP contribution in [0, 0.1) is 5.92 Å². The van der Waals surface area contributed by atoms with Gasteiger partial charge in [-0.2, -0.15) is 0 Å². The van der Waals surface area contributed by atoms with E-state index in [4.69, 9.17) is 10.5 Å². The molecule has 9 heteroatoms. The third kappa shape index (κ3) is 3.98. The first-order chi connectivity index (χ1) is 14.6. The van der Waals surface area contributed by atoms with Crippen LogP contribution in [0.5, 0.6) is 5.88 Å². The van der Waals surface area contributed by atoms with Gasteiger partial charge in [-0.25, -0.2) is 18.4 Å². The molecule has 1 amide bonds. The van der Waals surface area contributed by atoms with Gasteiger partial charge in [0.05, 0.1) is 4.90 Å². The van der Waals surface area contributed by atoms with Crippen LogP contribution in [0.25, 0.3) is 0 Å². The Morgan fingerprint density at radius 1 is 1.26 bits per heavy atom. The molecule has 1 saturated carbocycles. The summed E-state index contributed by atoms with van der Waals surface area (Å²) in [6.07, 6.45) is 5.33. The molecule has 2 aromatic rings. The molecule has 2 aliphatic rings. The predicted octanol–water partition coefficient (Wildman–Crippen LogP) is 2.96. The average molecular weight is 445 g/mol. The van der Waals surface area contributed by atoms with Crippen molar-refractivity contribution in [2.45, 2.75) is 68.0 Å². The lowest BCUT2D eigenvalue weighted by Gasteiger charge is -2.33. The molecule has 0 spiro atoms. The minimum absolute atomic E-state index is 0.0681. The van der Waals surface area contributed by atoms with E-state index in [0.717, 1.165) is 25.7 Å². The second kappa shape index (κ2) is 7.78. The van der Waals surface area contributed by atoms with Gasteiger partial charge in [-0.1, -0.05) is 13.0 Å². The van der Waals surface area contributed by atoms with Crippen LogP contribution in [0.15, 0.2) is 40.4 Å². The highest BCUT2D eigenvalue weighted by Crippen LogP contribution is 2.39. The van der Waals surface area contributed by atoms with E-state index >= 15 is 0 Å². The standard InChI is InChI=1S/C22H28N4O4S/c1-14-12-22(2,3)26(13-14)21-19(20(23)27)16(10-11-24-21)31(28,29)18-9-5-8-17(25-18)30-15-6-4-7-15/h5,8-11,14-15H,4,6-7,12-13H2,1-3H3,(H2,23,27). The molecule has 1 atom stereocenters. The van der Waals surface area contributed by atoms with Gasteiger partial charge < -0.3 is 15.4 Å². The molecule has 2 fully saturated rings. The molecule has 166 valence electrons. The van der Waals surface area contributed by atoms with Crippen molar-refractivity contribution >= 4 is 21.6 Å². The maximum absolute atomic E-state index is 13.5. The SMILES string of the molecule is CC1CN(c2nccc(S(=O)(=O)c3cccc(OC4CCC4)n3)c2C(N)=O)C(C)(C)C1. The minimum Gasteiger partial charge on any atom is -0.474 e. The number of pyridine rings is 2. The highest BCUT2D eigenvalue weighted by Gasteiger charge is 2.40. The van der Waals surface area contributed by atoms with E-state index in [-0.39, 0.29) is 33.0 Å². The number of carbonyl (C=O) groups is 1. The average Bonchev–Trinajstić information content (AvgIpc) is 2.96. The van der Waals surface area contributed by atoms with Crippen LogP contribution in [0.1, 0.15) is 56.8 Å². The van der Waals surface area contributed by atoms with E-state index < -0.39 is 15.7 Å². The molecular weight excluding hydrogens is 416 g/mol. The van der Waals surface area contributed by atoms with Gasteiger partial charge in [0.1, 0.15) is 17.5 Å². The quantitative estimate of drug-likeness (QED) is 0.728. The van der Waals surface area contributed by atoms with Crippen LogP contribution >= 0.6 is 0 Å². The normalized spacial score (nSPS) is 21.0. The first kappa shape index (κ1) is 21.5. The number of rotatable bonds is 6. The number of ether oxygens (including phenoxy) is 1. The van der Waals surface area contributed by atoms with Crippen molar-refractivity contribution in [3.8, 4) is 5.88 Å². The topological polar surface area (TPSA) is 115 Å². The maximum Gasteiger partial charge on any atom is 0.253 e. The van der Waals surface area contributed by atoms with Crippen LogP contribution in [0.3, 0.4) is 0 Å². The van der Waals surface area contributed by atoms with Crippen LogP contribution in [0.4, 0.5) is 5.82 Å². The van der Waals surface area contributed by atoms with Gasteiger partial charge in [0.2, 0.25) is 15.7 Å². The van der Waals surface area contributed by atoms with Gasteiger partial charge in [0.15, 0.2) is 5.03 Å². The first-order valence-electron chi connectivity index (χ1n) is 10.5. The van der Waals surface area contributed by atoms with Gasteiger partial charge in [-0.3, -0.25) is 4.79 Å². The number of nitrogens with two attached hydrogens (primary N) is 1. The fourth-order valence-electron chi connectivity index (χ4n) is 4.44. The van der Waals surface area contributed by atoms with Crippen molar-refractivity contribution < 1.29 is 17.9 Å². The Bertz CT molecular complexity index is 1110. The summed E-state index contributed by atoms with van der Waals surface area (Å²) in [7, 11) is -4.12. The number of hydrogen-bond acceptors (Lipinski definition) is 7. The highest BCUT2D eigenvalue weighted by atomic mass is 32.2. The Kier molecular flexibility index (Phi) is 5.41. The number of hydrogen-bond donors (Lipinski definition) is 1. The third-order valence-corrected chi connectivity index (χ3v) is 7.77. The van der Waals surface area contributed by atoms with E-state index in [1.165, 1.54) is 18.3 Å². The van der Waals surface area contributed by atoms with Crippen molar-refractivity contribution in [2.75, 3.05) is 11.4 Å². The lowest BCUT2D eigenvalue weighted by atomic mass is 9.96. The first-order valence-corrected chi connectivity index (χ1v) is 12.0. The summed E-state index contributed by atoms with van der Waals surface area (Å²) in [4.78, 5) is 22.8. The van der Waals surface area contributed by atoms with Gasteiger partial charge >= 0.3 is 0 Å². The summed E-state index contributed by atoms with van der Waals surface area (Å²) in [5, 5.41) is -0.182. The summed E-state index contributed by atoms with van der Waals surface area (Å²) >= 11 is 0. The van der Waals surface area contributed by atoms with Crippen molar-refractivity contribution in [3.05, 3.63) is 36.0 Å². The van der Waals surface area contributed by atoms with E-state index in [2.05, 4.69) is 16.9 Å². The van der Waals surface area contributed by atoms with E-state index in [1.807, 2.05) is 18.7 Å². The number of sulfone groups is 1. The molecular formula is C22H28N4O4S. The number of carbonyl (C=O) groups excluding carboxylic acids is 1. The second-order valence-electron chi connectivity index (χ2n) is 9.09. The van der Waals surface area contributed by atoms with Gasteiger partial charge in [0.25, 0.3) is 5.91 Å². The Morgan fingerprint density at radius 2 is 2.00 bits per heavy atom. The molecule has 0 radical (unpaired) electrons. The Balaban J connectivity index is 1.79. The molecule has 2 N–H and O–H groups in total. The molecule has 0 aromatic carbocycles. The van der Waals surface area contributed by atoms with E-state index in [1.54, 1.807) is 12.1 Å². The van der Waals surface area contributed by atoms with Crippen molar-refractivity contribution in [1.29, 1.82) is 0 Å². The lowest BCUT2D eigenvalue weighted by Crippen LogP contribution is -2.40. The summed E-state index contributed by atoms with van der Waals surface area (Å²) in [6, 6.07) is 5.94. The Morgan fingerprint density at radius 3 is 2.58 bits per heavy atom. The van der Waals surface area contributed by atoms with Crippen LogP contribution in [-0.2, 0) is 9.84 Å². The number of aromatic nitrogens is 2. The molecule has 1 aliphatic carbocycles. The smallest absolute Gasteiger partial charge is 0.253 e. The second-order valence-corrected chi connectivity index (χ2v) is 11.0. The molecule has 1 unspecified atom stereocenters. The van der Waals surface area contributed by atoms with Crippen LogP contribution < -0.4 is 15.4 Å². The molecule has 3 heterocycles. The van der Waals surface area contributed by atoms with Gasteiger partial charge in [-0.15, -0.1) is 0 Å². The predicted molar refractivity (Wildman–Crippen MR) is 116 cm³/mol. The zero-order valence-corrected chi connectivity index (χ0v) is 18.9. The fraction of sp³-hybridized carbons (Fsp3) is 0.500. The summed E-state index contributed by atoms with van der Waals surface area (Å²) < 4.78 is 32.8. The zero-order valence-electron chi connectivity index (χ0n) is 18.0. The largest absolute Gasteiger partial charge is 0.474 e. The van der Waals surface area contributed by atoms with Crippen molar-refractivity contribution in [2.24, 2.45) is 11.7 Å². The third-order valence-electron chi connectivity index (χ3n) is 6.07. The number of nitrogens with zero attached hydrogens (tertiary/aromatic N) is 3. The summed E-state index contributed by atoms with van der Waals surface area (Å²) in [5.74, 6) is 0.0960. The molecule has 31 heavy (non-hydrogen) atoms. The molecule has 1 saturated heterocycles. The molecule has 8 nitrogen and oxygen atoms in total. The van der Waals surface area contributed by atoms with Gasteiger partial charge in [-0.05, 0) is 57.6 Å². The molecule has 2 aromatic heterocycles. The number of anilines is 1. The monoisotopic (exact) mass is 444 g/mol. The highest BCUT2D eigenvalue weighted by molar-refractivity contribution is 7.91. The Hall–Kier alpha value is -2.68. The lowest BCUT2D eigenvalue weighted by molar-refractivity contribution is 0.0997. The maximum atomic E-state index is 13.5. The fourth-order valence-corrected chi connectivity index (χ4v) is 5.83. The van der Waals surface area contributed by atoms with E-state index in [9.17, 15) is 13.2 Å². The van der Waals surface area contributed by atoms with Crippen LogP contribution in [0.2, 0.25) is 0 Å². The van der Waals surface area contributed by atoms with Crippen LogP contribution in [-0.4, -0.2) is 42.5 Å². The molecule has 1 aliphatic heterocycles. The summed E-state index contributed by atoms with van der Waals surface area (Å²) in [6.45, 7) is 6.87.